The van der Waals surface area contributed by atoms with Crippen LogP contribution >= 0.6 is 15.9 Å². The van der Waals surface area contributed by atoms with Crippen molar-refractivity contribution in [2.45, 2.75) is 12.5 Å². The van der Waals surface area contributed by atoms with Crippen molar-refractivity contribution in [2.75, 3.05) is 13.7 Å². The first-order valence-corrected chi connectivity index (χ1v) is 5.03. The van der Waals surface area contributed by atoms with Crippen molar-refractivity contribution in [3.05, 3.63) is 28.0 Å². The molecule has 0 fully saturated rings. The molecular weight excluding hydrogens is 272 g/mol. The van der Waals surface area contributed by atoms with Crippen LogP contribution in [0.4, 0.5) is 8.78 Å². The molecule has 3 nitrogen and oxygen atoms in total. The second-order valence-electron chi connectivity index (χ2n) is 2.92. The largest absolute Gasteiger partial charge is 0.388 e. The van der Waals surface area contributed by atoms with Crippen LogP contribution in [0.3, 0.4) is 0 Å². The highest BCUT2D eigenvalue weighted by Gasteiger charge is 2.20. The van der Waals surface area contributed by atoms with E-state index in [0.717, 1.165) is 6.20 Å². The van der Waals surface area contributed by atoms with Gasteiger partial charge in [0, 0.05) is 20.1 Å². The zero-order valence-electron chi connectivity index (χ0n) is 8.01. The maximum absolute atomic E-state index is 13.4. The monoisotopic (exact) mass is 281 g/mol. The van der Waals surface area contributed by atoms with Crippen LogP contribution in [-0.2, 0) is 4.74 Å². The Labute approximate surface area is 94.2 Å². The fraction of sp³-hybridized carbons (Fsp3) is 0.444. The van der Waals surface area contributed by atoms with Gasteiger partial charge in [-0.15, -0.1) is 0 Å². The van der Waals surface area contributed by atoms with Crippen molar-refractivity contribution >= 4 is 15.9 Å². The highest BCUT2D eigenvalue weighted by Crippen LogP contribution is 2.26. The SMILES string of the molecule is COCCC(O)c1c(F)cnc(Br)c1F. The summed E-state index contributed by atoms with van der Waals surface area (Å²) in [5.41, 5.74) is -0.381. The Morgan fingerprint density at radius 3 is 2.87 bits per heavy atom. The second-order valence-corrected chi connectivity index (χ2v) is 3.67. The Balaban J connectivity index is 2.96. The maximum Gasteiger partial charge on any atom is 0.164 e. The molecule has 84 valence electrons. The molecule has 0 amide bonds. The van der Waals surface area contributed by atoms with E-state index in [4.69, 9.17) is 4.74 Å². The number of hydrogen-bond donors (Lipinski definition) is 1. The summed E-state index contributed by atoms with van der Waals surface area (Å²) in [6.45, 7) is 0.222. The van der Waals surface area contributed by atoms with Gasteiger partial charge in [-0.2, -0.15) is 0 Å². The van der Waals surface area contributed by atoms with Gasteiger partial charge >= 0.3 is 0 Å². The van der Waals surface area contributed by atoms with Gasteiger partial charge in [0.2, 0.25) is 0 Å². The van der Waals surface area contributed by atoms with Gasteiger partial charge in [-0.05, 0) is 15.9 Å². The van der Waals surface area contributed by atoms with Gasteiger partial charge < -0.3 is 9.84 Å². The predicted octanol–water partition coefficient (Wildman–Crippen LogP) is 2.19. The molecule has 0 aliphatic heterocycles. The van der Waals surface area contributed by atoms with Gasteiger partial charge in [0.05, 0.1) is 17.9 Å². The van der Waals surface area contributed by atoms with E-state index in [1.807, 2.05) is 0 Å². The molecule has 0 aromatic carbocycles. The van der Waals surface area contributed by atoms with Gasteiger partial charge in [0.1, 0.15) is 10.4 Å². The second kappa shape index (κ2) is 5.48. The number of nitrogens with zero attached hydrogens (tertiary/aromatic N) is 1. The van der Waals surface area contributed by atoms with Gasteiger partial charge in [0.15, 0.2) is 5.82 Å². The van der Waals surface area contributed by atoms with Gasteiger partial charge in [-0.3, -0.25) is 0 Å². The summed E-state index contributed by atoms with van der Waals surface area (Å²) in [5, 5.41) is 9.53. The number of hydrogen-bond acceptors (Lipinski definition) is 3. The molecular formula is C9H10BrF2NO2. The summed E-state index contributed by atoms with van der Waals surface area (Å²) in [6, 6.07) is 0. The minimum atomic E-state index is -1.23. The third-order valence-corrected chi connectivity index (χ3v) is 2.45. The molecule has 0 saturated heterocycles. The molecule has 1 aromatic heterocycles. The van der Waals surface area contributed by atoms with E-state index in [2.05, 4.69) is 20.9 Å². The fourth-order valence-corrected chi connectivity index (χ4v) is 1.45. The summed E-state index contributed by atoms with van der Waals surface area (Å²) in [6.07, 6.45) is -0.247. The third-order valence-electron chi connectivity index (χ3n) is 1.89. The van der Waals surface area contributed by atoms with Crippen LogP contribution in [0, 0.1) is 11.6 Å². The highest BCUT2D eigenvalue weighted by molar-refractivity contribution is 9.10. The van der Waals surface area contributed by atoms with Crippen molar-refractivity contribution in [3.63, 3.8) is 0 Å². The number of ether oxygens (including phenoxy) is 1. The molecule has 1 aromatic rings. The number of rotatable bonds is 4. The van der Waals surface area contributed by atoms with Crippen LogP contribution in [0.25, 0.3) is 0 Å². The lowest BCUT2D eigenvalue weighted by Crippen LogP contribution is -2.08. The fourth-order valence-electron chi connectivity index (χ4n) is 1.13. The summed E-state index contributed by atoms with van der Waals surface area (Å²) in [5.74, 6) is -1.74. The van der Waals surface area contributed by atoms with Crippen LogP contribution in [0.1, 0.15) is 18.1 Å². The summed E-state index contributed by atoms with van der Waals surface area (Å²) in [7, 11) is 1.45. The number of pyridine rings is 1. The molecule has 15 heavy (non-hydrogen) atoms. The van der Waals surface area contributed by atoms with E-state index >= 15 is 0 Å². The molecule has 1 atom stereocenters. The molecule has 0 aliphatic rings. The number of methoxy groups -OCH3 is 1. The first-order chi connectivity index (χ1) is 7.07. The molecule has 0 saturated carbocycles. The smallest absolute Gasteiger partial charge is 0.164 e. The summed E-state index contributed by atoms with van der Waals surface area (Å²) < 4.78 is 31.2. The lowest BCUT2D eigenvalue weighted by molar-refractivity contribution is 0.105. The molecule has 0 spiro atoms. The lowest BCUT2D eigenvalue weighted by Gasteiger charge is -2.12. The minimum absolute atomic E-state index is 0.115. The van der Waals surface area contributed by atoms with Crippen molar-refractivity contribution in [3.8, 4) is 0 Å². The van der Waals surface area contributed by atoms with E-state index < -0.39 is 17.7 Å². The molecule has 1 N–H and O–H groups in total. The number of aliphatic hydroxyl groups excluding tert-OH is 1. The van der Waals surface area contributed by atoms with E-state index in [0.29, 0.717) is 0 Å². The molecule has 6 heteroatoms. The Bertz CT molecular complexity index is 349. The molecule has 1 unspecified atom stereocenters. The average Bonchev–Trinajstić information content (AvgIpc) is 2.21. The minimum Gasteiger partial charge on any atom is -0.388 e. The van der Waals surface area contributed by atoms with Crippen LogP contribution < -0.4 is 0 Å². The van der Waals surface area contributed by atoms with E-state index in [9.17, 15) is 13.9 Å². The zero-order valence-corrected chi connectivity index (χ0v) is 9.59. The van der Waals surface area contributed by atoms with Crippen molar-refractivity contribution in [1.29, 1.82) is 0 Å². The molecule has 1 rings (SSSR count). The molecule has 0 bridgehead atoms. The van der Waals surface area contributed by atoms with Crippen LogP contribution in [0.15, 0.2) is 10.8 Å². The lowest BCUT2D eigenvalue weighted by atomic mass is 10.1. The first-order valence-electron chi connectivity index (χ1n) is 4.24. The van der Waals surface area contributed by atoms with Gasteiger partial charge in [-0.25, -0.2) is 13.8 Å². The van der Waals surface area contributed by atoms with Crippen molar-refractivity contribution in [2.24, 2.45) is 0 Å². The summed E-state index contributed by atoms with van der Waals surface area (Å²) in [4.78, 5) is 3.43. The van der Waals surface area contributed by atoms with Crippen LogP contribution in [0.5, 0.6) is 0 Å². The maximum atomic E-state index is 13.4. The Hall–Kier alpha value is -0.590. The summed E-state index contributed by atoms with van der Waals surface area (Å²) >= 11 is 2.82. The van der Waals surface area contributed by atoms with Gasteiger partial charge in [-0.1, -0.05) is 0 Å². The highest BCUT2D eigenvalue weighted by atomic mass is 79.9. The average molecular weight is 282 g/mol. The first kappa shape index (κ1) is 12.5. The van der Waals surface area contributed by atoms with E-state index in [1.54, 1.807) is 0 Å². The number of halogens is 3. The van der Waals surface area contributed by atoms with E-state index in [1.165, 1.54) is 7.11 Å². The number of aliphatic hydroxyl groups is 1. The number of aromatic nitrogens is 1. The third kappa shape index (κ3) is 2.93. The van der Waals surface area contributed by atoms with Gasteiger partial charge in [0.25, 0.3) is 0 Å². The standard InChI is InChI=1S/C9H10BrF2NO2/c1-15-3-2-6(14)7-5(11)4-13-9(10)8(7)12/h4,6,14H,2-3H2,1H3. The van der Waals surface area contributed by atoms with E-state index in [-0.39, 0.29) is 23.2 Å². The van der Waals surface area contributed by atoms with Crippen LogP contribution in [0.2, 0.25) is 0 Å². The molecule has 1 heterocycles. The normalized spacial score (nSPS) is 12.9. The topological polar surface area (TPSA) is 42.4 Å². The van der Waals surface area contributed by atoms with Crippen LogP contribution in [-0.4, -0.2) is 23.8 Å². The Morgan fingerprint density at radius 1 is 1.60 bits per heavy atom. The predicted molar refractivity (Wildman–Crippen MR) is 53.3 cm³/mol. The molecule has 0 radical (unpaired) electrons. The molecule has 0 aliphatic carbocycles. The Kier molecular flexibility index (Phi) is 4.56. The Morgan fingerprint density at radius 2 is 2.27 bits per heavy atom. The van der Waals surface area contributed by atoms with Crippen molar-refractivity contribution in [1.82, 2.24) is 4.98 Å². The zero-order chi connectivity index (χ0) is 11.4. The van der Waals surface area contributed by atoms with Crippen molar-refractivity contribution < 1.29 is 18.6 Å². The quantitative estimate of drug-likeness (QED) is 0.861.